The molecule has 0 amide bonds. The van der Waals surface area contributed by atoms with Crippen LogP contribution in [0.2, 0.25) is 0 Å². The first-order valence-electron chi connectivity index (χ1n) is 6.85. The van der Waals surface area contributed by atoms with Crippen LogP contribution in [0, 0.1) is 5.82 Å². The summed E-state index contributed by atoms with van der Waals surface area (Å²) < 4.78 is 19.0. The second kappa shape index (κ2) is 5.99. The topological polar surface area (TPSA) is 62.3 Å². The van der Waals surface area contributed by atoms with Gasteiger partial charge >= 0.3 is 0 Å². The van der Waals surface area contributed by atoms with Crippen LogP contribution in [0.3, 0.4) is 0 Å². The second-order valence-corrected chi connectivity index (χ2v) is 4.79. The van der Waals surface area contributed by atoms with Gasteiger partial charge in [0.05, 0.1) is 17.7 Å². The highest BCUT2D eigenvalue weighted by molar-refractivity contribution is 5.92. The van der Waals surface area contributed by atoms with Crippen LogP contribution >= 0.6 is 0 Å². The fourth-order valence-electron chi connectivity index (χ4n) is 2.38. The molecule has 0 aliphatic rings. The number of H-pyrrole nitrogens is 1. The summed E-state index contributed by atoms with van der Waals surface area (Å²) in [5, 5.41) is 9.73. The van der Waals surface area contributed by atoms with E-state index in [1.807, 2.05) is 30.3 Å². The summed E-state index contributed by atoms with van der Waals surface area (Å²) in [5.74, 6) is -0.0616. The number of aromatic amines is 1. The molecule has 0 saturated heterocycles. The van der Waals surface area contributed by atoms with E-state index in [4.69, 9.17) is 9.84 Å². The Hall–Kier alpha value is -2.66. The maximum absolute atomic E-state index is 13.4. The molecule has 0 spiro atoms. The van der Waals surface area contributed by atoms with Gasteiger partial charge in [-0.25, -0.2) is 4.39 Å². The maximum Gasteiger partial charge on any atom is 0.256 e. The number of hydrogen-bond acceptors (Lipinski definition) is 3. The van der Waals surface area contributed by atoms with E-state index in [0.29, 0.717) is 16.8 Å². The number of aliphatic hydroxyl groups excluding tert-OH is 1. The van der Waals surface area contributed by atoms with Gasteiger partial charge in [0.1, 0.15) is 12.4 Å². The van der Waals surface area contributed by atoms with Crippen LogP contribution in [0.15, 0.2) is 53.3 Å². The van der Waals surface area contributed by atoms with Gasteiger partial charge in [-0.05, 0) is 18.2 Å². The summed E-state index contributed by atoms with van der Waals surface area (Å²) in [6, 6.07) is 13.2. The largest absolute Gasteiger partial charge is 0.488 e. The van der Waals surface area contributed by atoms with Crippen LogP contribution in [-0.2, 0) is 0 Å². The summed E-state index contributed by atoms with van der Waals surface area (Å²) in [5.41, 5.74) is 0.904. The Labute approximate surface area is 125 Å². The zero-order valence-corrected chi connectivity index (χ0v) is 11.7. The van der Waals surface area contributed by atoms with Gasteiger partial charge in [0.2, 0.25) is 0 Å². The van der Waals surface area contributed by atoms with E-state index in [1.165, 1.54) is 18.2 Å². The number of halogens is 1. The van der Waals surface area contributed by atoms with E-state index >= 15 is 0 Å². The number of aromatic nitrogens is 1. The summed E-state index contributed by atoms with van der Waals surface area (Å²) in [4.78, 5) is 15.0. The number of ether oxygens (including phenoxy) is 1. The van der Waals surface area contributed by atoms with Crippen molar-refractivity contribution in [2.75, 3.05) is 13.2 Å². The molecule has 3 rings (SSSR count). The first-order chi connectivity index (χ1) is 10.7. The van der Waals surface area contributed by atoms with E-state index in [0.717, 1.165) is 5.56 Å². The molecule has 1 heterocycles. The molecule has 0 bridgehead atoms. The van der Waals surface area contributed by atoms with Crippen molar-refractivity contribution in [3.8, 4) is 17.0 Å². The predicted molar refractivity (Wildman–Crippen MR) is 82.5 cm³/mol. The predicted octanol–water partition coefficient (Wildman–Crippen LogP) is 2.71. The molecule has 0 atom stereocenters. The van der Waals surface area contributed by atoms with Crippen molar-refractivity contribution >= 4 is 10.8 Å². The van der Waals surface area contributed by atoms with Gasteiger partial charge < -0.3 is 14.8 Å². The Kier molecular flexibility index (Phi) is 3.89. The summed E-state index contributed by atoms with van der Waals surface area (Å²) in [6.07, 6.45) is 0. The number of hydrogen-bond donors (Lipinski definition) is 2. The van der Waals surface area contributed by atoms with Crippen molar-refractivity contribution in [3.63, 3.8) is 0 Å². The van der Waals surface area contributed by atoms with Crippen LogP contribution in [0.5, 0.6) is 5.75 Å². The van der Waals surface area contributed by atoms with Crippen molar-refractivity contribution in [1.29, 1.82) is 0 Å². The molecule has 5 heteroatoms. The fraction of sp³-hybridized carbons (Fsp3) is 0.118. The lowest BCUT2D eigenvalue weighted by atomic mass is 10.1. The van der Waals surface area contributed by atoms with Crippen LogP contribution in [-0.4, -0.2) is 23.3 Å². The Morgan fingerprint density at radius 2 is 1.86 bits per heavy atom. The van der Waals surface area contributed by atoms with Crippen molar-refractivity contribution < 1.29 is 14.2 Å². The Bertz CT molecular complexity index is 859. The molecule has 0 unspecified atom stereocenters. The monoisotopic (exact) mass is 299 g/mol. The maximum atomic E-state index is 13.4. The minimum atomic E-state index is -0.487. The number of pyridine rings is 1. The molecule has 0 radical (unpaired) electrons. The number of fused-ring (bicyclic) bond motifs is 1. The third kappa shape index (κ3) is 2.58. The summed E-state index contributed by atoms with van der Waals surface area (Å²) in [6.45, 7) is -0.0750. The molecule has 2 N–H and O–H groups in total. The van der Waals surface area contributed by atoms with E-state index in [2.05, 4.69) is 4.98 Å². The Morgan fingerprint density at radius 1 is 1.09 bits per heavy atom. The lowest BCUT2D eigenvalue weighted by Gasteiger charge is -2.13. The van der Waals surface area contributed by atoms with Crippen LogP contribution in [0.25, 0.3) is 22.0 Å². The van der Waals surface area contributed by atoms with Gasteiger partial charge in [-0.2, -0.15) is 0 Å². The van der Waals surface area contributed by atoms with E-state index in [-0.39, 0.29) is 24.2 Å². The zero-order valence-electron chi connectivity index (χ0n) is 11.7. The fourth-order valence-corrected chi connectivity index (χ4v) is 2.38. The molecular formula is C17H14FNO3. The zero-order chi connectivity index (χ0) is 15.5. The lowest BCUT2D eigenvalue weighted by Crippen LogP contribution is -2.12. The molecule has 112 valence electrons. The molecule has 1 aromatic heterocycles. The quantitative estimate of drug-likeness (QED) is 0.778. The third-order valence-electron chi connectivity index (χ3n) is 3.34. The molecule has 0 aliphatic heterocycles. The molecule has 0 fully saturated rings. The molecule has 0 saturated carbocycles. The average molecular weight is 299 g/mol. The smallest absolute Gasteiger partial charge is 0.256 e. The van der Waals surface area contributed by atoms with Crippen molar-refractivity contribution in [2.24, 2.45) is 0 Å². The van der Waals surface area contributed by atoms with E-state index in [9.17, 15) is 9.18 Å². The van der Waals surface area contributed by atoms with Crippen LogP contribution in [0.4, 0.5) is 4.39 Å². The lowest BCUT2D eigenvalue weighted by molar-refractivity contribution is 0.203. The normalized spacial score (nSPS) is 10.8. The van der Waals surface area contributed by atoms with Crippen molar-refractivity contribution in [1.82, 2.24) is 4.98 Å². The average Bonchev–Trinajstić information content (AvgIpc) is 2.55. The van der Waals surface area contributed by atoms with E-state index in [1.54, 1.807) is 0 Å². The van der Waals surface area contributed by atoms with Crippen LogP contribution < -0.4 is 10.3 Å². The van der Waals surface area contributed by atoms with Crippen LogP contribution in [0.1, 0.15) is 0 Å². The first-order valence-corrected chi connectivity index (χ1v) is 6.85. The van der Waals surface area contributed by atoms with Gasteiger partial charge in [-0.3, -0.25) is 4.79 Å². The first kappa shape index (κ1) is 14.3. The molecule has 4 nitrogen and oxygen atoms in total. The van der Waals surface area contributed by atoms with Gasteiger partial charge in [0, 0.05) is 10.9 Å². The third-order valence-corrected chi connectivity index (χ3v) is 3.34. The minimum absolute atomic E-state index is 0.0817. The number of rotatable bonds is 4. The molecule has 0 aliphatic carbocycles. The highest BCUT2D eigenvalue weighted by atomic mass is 19.1. The van der Waals surface area contributed by atoms with E-state index < -0.39 is 5.82 Å². The number of benzene rings is 2. The Balaban J connectivity index is 2.31. The summed E-state index contributed by atoms with van der Waals surface area (Å²) >= 11 is 0. The SMILES string of the molecule is O=c1[nH]c(-c2ccccc2)c(OCCO)c2ccc(F)cc12. The summed E-state index contributed by atoms with van der Waals surface area (Å²) in [7, 11) is 0. The van der Waals surface area contributed by atoms with Gasteiger partial charge in [-0.1, -0.05) is 30.3 Å². The minimum Gasteiger partial charge on any atom is -0.488 e. The molecule has 22 heavy (non-hydrogen) atoms. The Morgan fingerprint density at radius 3 is 2.59 bits per heavy atom. The van der Waals surface area contributed by atoms with Gasteiger partial charge in [0.15, 0.2) is 5.75 Å². The molecular weight excluding hydrogens is 285 g/mol. The van der Waals surface area contributed by atoms with Crippen molar-refractivity contribution in [3.05, 3.63) is 64.7 Å². The van der Waals surface area contributed by atoms with Crippen molar-refractivity contribution in [2.45, 2.75) is 0 Å². The number of nitrogens with one attached hydrogen (secondary N) is 1. The second-order valence-electron chi connectivity index (χ2n) is 4.79. The highest BCUT2D eigenvalue weighted by Gasteiger charge is 2.15. The standard InChI is InChI=1S/C17H14FNO3/c18-12-6-7-13-14(10-12)17(21)19-15(16(13)22-9-8-20)11-4-2-1-3-5-11/h1-7,10,20H,8-9H2,(H,19,21). The number of aliphatic hydroxyl groups is 1. The van der Waals surface area contributed by atoms with Gasteiger partial charge in [-0.15, -0.1) is 0 Å². The van der Waals surface area contributed by atoms with Gasteiger partial charge in [0.25, 0.3) is 5.56 Å². The highest BCUT2D eigenvalue weighted by Crippen LogP contribution is 2.33. The molecule has 3 aromatic rings. The molecule has 2 aromatic carbocycles.